The van der Waals surface area contributed by atoms with Crippen molar-refractivity contribution < 1.29 is 14.3 Å². The molecule has 0 radical (unpaired) electrons. The fourth-order valence-corrected chi connectivity index (χ4v) is 2.72. The molecule has 1 amide bonds. The van der Waals surface area contributed by atoms with Gasteiger partial charge in [0.25, 0.3) is 5.91 Å². The number of likely N-dealkylation sites (tertiary alicyclic amines) is 1. The summed E-state index contributed by atoms with van der Waals surface area (Å²) in [6, 6.07) is 9.40. The maximum atomic E-state index is 12.6. The molecule has 3 rings (SSSR count). The van der Waals surface area contributed by atoms with E-state index in [0.717, 1.165) is 18.4 Å². The van der Waals surface area contributed by atoms with Crippen LogP contribution in [0.5, 0.6) is 0 Å². The van der Waals surface area contributed by atoms with E-state index in [-0.39, 0.29) is 24.3 Å². The minimum absolute atomic E-state index is 0.00946. The van der Waals surface area contributed by atoms with Crippen molar-refractivity contribution in [2.24, 2.45) is 0 Å². The molecule has 2 aromatic rings. The normalized spacial score (nSPS) is 18.2. The van der Waals surface area contributed by atoms with Crippen LogP contribution in [0.1, 0.15) is 29.1 Å². The van der Waals surface area contributed by atoms with Crippen LogP contribution in [0.3, 0.4) is 0 Å². The Kier molecular flexibility index (Phi) is 3.75. The van der Waals surface area contributed by atoms with Gasteiger partial charge in [0.05, 0.1) is 18.3 Å². The van der Waals surface area contributed by atoms with Crippen LogP contribution in [0.4, 0.5) is 0 Å². The van der Waals surface area contributed by atoms with E-state index in [1.54, 1.807) is 11.8 Å². The number of aliphatic hydroxyl groups excluding tert-OH is 1. The van der Waals surface area contributed by atoms with E-state index in [0.29, 0.717) is 18.1 Å². The Bertz CT molecular complexity index is 636. The quantitative estimate of drug-likeness (QED) is 0.939. The van der Waals surface area contributed by atoms with Crippen molar-refractivity contribution in [3.63, 3.8) is 0 Å². The van der Waals surface area contributed by atoms with Crippen molar-refractivity contribution in [1.29, 1.82) is 0 Å². The van der Waals surface area contributed by atoms with E-state index >= 15 is 0 Å². The van der Waals surface area contributed by atoms with Gasteiger partial charge in [-0.15, -0.1) is 0 Å². The van der Waals surface area contributed by atoms with Gasteiger partial charge in [0.15, 0.2) is 0 Å². The van der Waals surface area contributed by atoms with E-state index in [9.17, 15) is 9.90 Å². The lowest BCUT2D eigenvalue weighted by atomic mass is 10.2. The molecule has 5 heteroatoms. The predicted octanol–water partition coefficient (Wildman–Crippen LogP) is 2.25. The van der Waals surface area contributed by atoms with E-state index in [1.165, 1.54) is 0 Å². The lowest BCUT2D eigenvalue weighted by molar-refractivity contribution is 0.0646. The molecular formula is C16H18N2O3. The van der Waals surface area contributed by atoms with Gasteiger partial charge in [-0.05, 0) is 31.9 Å². The first-order chi connectivity index (χ1) is 10.2. The Morgan fingerprint density at radius 1 is 1.43 bits per heavy atom. The second-order valence-electron chi connectivity index (χ2n) is 5.28. The van der Waals surface area contributed by atoms with E-state index < -0.39 is 0 Å². The standard InChI is InChI=1S/C16H18N2O3/c1-11-14(16(20)18-9-5-8-13(18)10-19)21-15(17-11)12-6-3-2-4-7-12/h2-4,6-7,13,19H,5,8-10H2,1H3. The Morgan fingerprint density at radius 3 is 2.90 bits per heavy atom. The number of hydrogen-bond acceptors (Lipinski definition) is 4. The summed E-state index contributed by atoms with van der Waals surface area (Å²) in [5.74, 6) is 0.545. The van der Waals surface area contributed by atoms with Crippen LogP contribution in [-0.4, -0.2) is 40.1 Å². The van der Waals surface area contributed by atoms with Gasteiger partial charge in [0.1, 0.15) is 0 Å². The average Bonchev–Trinajstić information content (AvgIpc) is 3.13. The Balaban J connectivity index is 1.89. The average molecular weight is 286 g/mol. The molecule has 1 aliphatic heterocycles. The summed E-state index contributed by atoms with van der Waals surface area (Å²) >= 11 is 0. The highest BCUT2D eigenvalue weighted by Gasteiger charge is 2.32. The molecule has 0 saturated carbocycles. The highest BCUT2D eigenvalue weighted by molar-refractivity contribution is 5.93. The van der Waals surface area contributed by atoms with E-state index in [4.69, 9.17) is 4.42 Å². The first-order valence-corrected chi connectivity index (χ1v) is 7.15. The Labute approximate surface area is 123 Å². The summed E-state index contributed by atoms with van der Waals surface area (Å²) in [6.07, 6.45) is 1.75. The number of benzene rings is 1. The van der Waals surface area contributed by atoms with Crippen molar-refractivity contribution >= 4 is 5.91 Å². The number of amides is 1. The fourth-order valence-electron chi connectivity index (χ4n) is 2.72. The lowest BCUT2D eigenvalue weighted by Crippen LogP contribution is -2.37. The molecule has 21 heavy (non-hydrogen) atoms. The third-order valence-electron chi connectivity index (χ3n) is 3.86. The number of nitrogens with zero attached hydrogens (tertiary/aromatic N) is 2. The molecule has 1 saturated heterocycles. The third-order valence-corrected chi connectivity index (χ3v) is 3.86. The second-order valence-corrected chi connectivity index (χ2v) is 5.28. The van der Waals surface area contributed by atoms with Crippen molar-refractivity contribution in [2.75, 3.05) is 13.2 Å². The number of hydrogen-bond donors (Lipinski definition) is 1. The van der Waals surface area contributed by atoms with Crippen molar-refractivity contribution in [3.05, 3.63) is 41.8 Å². The number of rotatable bonds is 3. The summed E-state index contributed by atoms with van der Waals surface area (Å²) in [5, 5.41) is 9.34. The molecule has 0 spiro atoms. The largest absolute Gasteiger partial charge is 0.431 e. The zero-order valence-corrected chi connectivity index (χ0v) is 12.0. The molecule has 1 fully saturated rings. The first kappa shape index (κ1) is 13.8. The molecule has 5 nitrogen and oxygen atoms in total. The van der Waals surface area contributed by atoms with Gasteiger partial charge >= 0.3 is 0 Å². The van der Waals surface area contributed by atoms with E-state index in [1.807, 2.05) is 30.3 Å². The highest BCUT2D eigenvalue weighted by Crippen LogP contribution is 2.25. The van der Waals surface area contributed by atoms with Gasteiger partial charge in [-0.1, -0.05) is 18.2 Å². The SMILES string of the molecule is Cc1nc(-c2ccccc2)oc1C(=O)N1CCCC1CO. The van der Waals surface area contributed by atoms with Gasteiger partial charge in [-0.2, -0.15) is 0 Å². The number of carbonyl (C=O) groups is 1. The van der Waals surface area contributed by atoms with Gasteiger partial charge in [0.2, 0.25) is 11.7 Å². The van der Waals surface area contributed by atoms with Gasteiger partial charge in [-0.3, -0.25) is 4.79 Å². The molecule has 0 bridgehead atoms. The number of carbonyl (C=O) groups excluding carboxylic acids is 1. The molecule has 1 N–H and O–H groups in total. The van der Waals surface area contributed by atoms with Crippen LogP contribution < -0.4 is 0 Å². The van der Waals surface area contributed by atoms with Gasteiger partial charge in [-0.25, -0.2) is 4.98 Å². The van der Waals surface area contributed by atoms with Gasteiger partial charge < -0.3 is 14.4 Å². The van der Waals surface area contributed by atoms with Crippen LogP contribution >= 0.6 is 0 Å². The molecule has 1 atom stereocenters. The van der Waals surface area contributed by atoms with Crippen molar-refractivity contribution in [1.82, 2.24) is 9.88 Å². The summed E-state index contributed by atoms with van der Waals surface area (Å²) in [7, 11) is 0. The topological polar surface area (TPSA) is 66.6 Å². The zero-order valence-electron chi connectivity index (χ0n) is 12.0. The molecule has 1 aliphatic rings. The summed E-state index contributed by atoms with van der Waals surface area (Å²) < 4.78 is 5.68. The summed E-state index contributed by atoms with van der Waals surface area (Å²) in [6.45, 7) is 2.42. The van der Waals surface area contributed by atoms with Crippen LogP contribution in [0.2, 0.25) is 0 Å². The Morgan fingerprint density at radius 2 is 2.19 bits per heavy atom. The van der Waals surface area contributed by atoms with Crippen LogP contribution in [0, 0.1) is 6.92 Å². The number of aromatic nitrogens is 1. The third kappa shape index (κ3) is 2.56. The number of oxazole rings is 1. The Hall–Kier alpha value is -2.14. The minimum Gasteiger partial charge on any atom is -0.431 e. The maximum absolute atomic E-state index is 12.6. The van der Waals surface area contributed by atoms with E-state index in [2.05, 4.69) is 4.98 Å². The van der Waals surface area contributed by atoms with Crippen LogP contribution in [-0.2, 0) is 0 Å². The molecule has 2 heterocycles. The maximum Gasteiger partial charge on any atom is 0.291 e. The molecule has 1 aromatic carbocycles. The van der Waals surface area contributed by atoms with Crippen molar-refractivity contribution in [2.45, 2.75) is 25.8 Å². The minimum atomic E-state index is -0.182. The molecule has 1 unspecified atom stereocenters. The van der Waals surface area contributed by atoms with Crippen LogP contribution in [0.15, 0.2) is 34.7 Å². The van der Waals surface area contributed by atoms with Gasteiger partial charge in [0, 0.05) is 12.1 Å². The molecule has 0 aliphatic carbocycles. The molecule has 110 valence electrons. The zero-order chi connectivity index (χ0) is 14.8. The smallest absolute Gasteiger partial charge is 0.291 e. The highest BCUT2D eigenvalue weighted by atomic mass is 16.4. The molecule has 1 aromatic heterocycles. The molecular weight excluding hydrogens is 268 g/mol. The monoisotopic (exact) mass is 286 g/mol. The summed E-state index contributed by atoms with van der Waals surface area (Å²) in [4.78, 5) is 18.6. The number of aliphatic hydroxyl groups is 1. The second kappa shape index (κ2) is 5.69. The van der Waals surface area contributed by atoms with Crippen LogP contribution in [0.25, 0.3) is 11.5 Å². The number of aryl methyl sites for hydroxylation is 1. The van der Waals surface area contributed by atoms with Crippen molar-refractivity contribution in [3.8, 4) is 11.5 Å². The summed E-state index contributed by atoms with van der Waals surface area (Å²) in [5.41, 5.74) is 1.43. The first-order valence-electron chi connectivity index (χ1n) is 7.15. The predicted molar refractivity (Wildman–Crippen MR) is 77.8 cm³/mol. The fraction of sp³-hybridized carbons (Fsp3) is 0.375. The lowest BCUT2D eigenvalue weighted by Gasteiger charge is -2.21.